The molecule has 0 heterocycles. The molecule has 0 fully saturated rings. The van der Waals surface area contributed by atoms with Gasteiger partial charge in [-0.05, 0) is 0 Å². The molecule has 0 radical (unpaired) electrons. The van der Waals surface area contributed by atoms with E-state index in [0.29, 0.717) is 0 Å². The van der Waals surface area contributed by atoms with E-state index in [-0.39, 0.29) is 40.0 Å². The molecule has 1 aromatic carbocycles. The van der Waals surface area contributed by atoms with E-state index in [9.17, 15) is 0 Å². The molecule has 0 saturated carbocycles. The molecule has 0 unspecified atom stereocenters. The molecule has 0 nitrogen and oxygen atoms in total. The van der Waals surface area contributed by atoms with Gasteiger partial charge in [0.15, 0.2) is 0 Å². The molecule has 0 N–H and O–H groups in total. The molecule has 0 spiro atoms. The second-order valence-corrected chi connectivity index (χ2v) is 3.86. The van der Waals surface area contributed by atoms with Gasteiger partial charge in [0.1, 0.15) is 0 Å². The predicted molar refractivity (Wildman–Crippen MR) is 56.5 cm³/mol. The van der Waals surface area contributed by atoms with Crippen molar-refractivity contribution in [2.75, 3.05) is 0 Å². The van der Waals surface area contributed by atoms with E-state index in [4.69, 9.17) is 0 Å². The maximum atomic E-state index is 3.01. The summed E-state index contributed by atoms with van der Waals surface area (Å²) in [5.41, 5.74) is 0. The third-order valence-electron chi connectivity index (χ3n) is 0.718. The van der Waals surface area contributed by atoms with Gasteiger partial charge in [0.05, 0.1) is 0 Å². The van der Waals surface area contributed by atoms with Gasteiger partial charge in [0, 0.05) is 0 Å². The standard InChI is InChI=1S/C6H3I2.BrH.Mg/c7-5-2-1-3-6(8)4-5;;/h2-4H;1H;/q-1;;+2/p-1. The summed E-state index contributed by atoms with van der Waals surface area (Å²) < 4.78 is 2.49. The SMILES string of the molecule is Ic1c[c-]cc(I)c1.[Br-].[Mg+2]. The molecule has 0 aliphatic carbocycles. The molecular formula is C6H3BrI2Mg. The van der Waals surface area contributed by atoms with Crippen molar-refractivity contribution < 1.29 is 17.0 Å². The maximum Gasteiger partial charge on any atom is 2.00 e. The summed E-state index contributed by atoms with van der Waals surface area (Å²) in [6, 6.07) is 9.04. The molecule has 1 rings (SSSR count). The molecule has 4 heteroatoms. The van der Waals surface area contributed by atoms with E-state index in [0.717, 1.165) is 0 Å². The van der Waals surface area contributed by atoms with Crippen LogP contribution in [0.25, 0.3) is 0 Å². The van der Waals surface area contributed by atoms with E-state index in [1.807, 2.05) is 12.1 Å². The van der Waals surface area contributed by atoms with Gasteiger partial charge in [-0.3, -0.25) is 0 Å². The quantitative estimate of drug-likeness (QED) is 0.289. The van der Waals surface area contributed by atoms with Crippen molar-refractivity contribution in [3.05, 3.63) is 31.4 Å². The molecule has 50 valence electrons. The Balaban J connectivity index is 0. The van der Waals surface area contributed by atoms with Crippen LogP contribution in [0.15, 0.2) is 18.2 Å². The minimum absolute atomic E-state index is 0. The molecule has 0 aliphatic rings. The molecular weight excluding hydrogens is 430 g/mol. The van der Waals surface area contributed by atoms with E-state index >= 15 is 0 Å². The van der Waals surface area contributed by atoms with Crippen LogP contribution in [0.3, 0.4) is 0 Å². The molecule has 10 heavy (non-hydrogen) atoms. The van der Waals surface area contributed by atoms with Crippen LogP contribution in [-0.2, 0) is 0 Å². The largest absolute Gasteiger partial charge is 2.00 e. The zero-order chi connectivity index (χ0) is 5.98. The summed E-state index contributed by atoms with van der Waals surface area (Å²) in [5.74, 6) is 0. The predicted octanol–water partition coefficient (Wildman–Crippen LogP) is -0.681. The topological polar surface area (TPSA) is 0 Å². The minimum atomic E-state index is 0. The monoisotopic (exact) mass is 432 g/mol. The van der Waals surface area contributed by atoms with Crippen molar-refractivity contribution in [1.29, 1.82) is 0 Å². The van der Waals surface area contributed by atoms with E-state index in [1.54, 1.807) is 0 Å². The molecule has 0 bridgehead atoms. The summed E-state index contributed by atoms with van der Waals surface area (Å²) in [5, 5.41) is 0. The van der Waals surface area contributed by atoms with Crippen molar-refractivity contribution in [3.8, 4) is 0 Å². The third-order valence-corrected chi connectivity index (χ3v) is 1.96. The van der Waals surface area contributed by atoms with Gasteiger partial charge in [0.25, 0.3) is 0 Å². The summed E-state index contributed by atoms with van der Waals surface area (Å²) in [6.45, 7) is 0. The molecule has 1 aromatic rings. The van der Waals surface area contributed by atoms with Crippen LogP contribution in [0, 0.1) is 13.2 Å². The fourth-order valence-electron chi connectivity index (χ4n) is 0.416. The summed E-state index contributed by atoms with van der Waals surface area (Å²) in [4.78, 5) is 0. The van der Waals surface area contributed by atoms with Crippen molar-refractivity contribution in [1.82, 2.24) is 0 Å². The van der Waals surface area contributed by atoms with Crippen LogP contribution < -0.4 is 17.0 Å². The van der Waals surface area contributed by atoms with E-state index < -0.39 is 0 Å². The zero-order valence-corrected chi connectivity index (χ0v) is 12.4. The van der Waals surface area contributed by atoms with Gasteiger partial charge in [0.2, 0.25) is 0 Å². The number of hydrogen-bond donors (Lipinski definition) is 0. The number of benzene rings is 1. The van der Waals surface area contributed by atoms with Crippen molar-refractivity contribution in [2.24, 2.45) is 0 Å². The second-order valence-electron chi connectivity index (χ2n) is 1.37. The van der Waals surface area contributed by atoms with Gasteiger partial charge < -0.3 is 17.0 Å². The molecule has 0 aromatic heterocycles. The fraction of sp³-hybridized carbons (Fsp3) is 0. The summed E-state index contributed by atoms with van der Waals surface area (Å²) >= 11 is 4.54. The summed E-state index contributed by atoms with van der Waals surface area (Å²) in [6.07, 6.45) is 0. The Kier molecular flexibility index (Phi) is 10.9. The van der Waals surface area contributed by atoms with Gasteiger partial charge in [-0.25, -0.2) is 0 Å². The number of halogens is 3. The molecule has 0 saturated heterocycles. The minimum Gasteiger partial charge on any atom is -1.00 e. The zero-order valence-electron chi connectivity index (χ0n) is 5.07. The van der Waals surface area contributed by atoms with Gasteiger partial charge in [-0.2, -0.15) is 18.2 Å². The third kappa shape index (κ3) is 5.56. The Morgan fingerprint density at radius 3 is 1.70 bits per heavy atom. The smallest absolute Gasteiger partial charge is 1.00 e. The van der Waals surface area contributed by atoms with E-state index in [1.165, 1.54) is 7.14 Å². The van der Waals surface area contributed by atoms with Crippen molar-refractivity contribution in [2.45, 2.75) is 0 Å². The average Bonchev–Trinajstić information content (AvgIpc) is 1.64. The van der Waals surface area contributed by atoms with Crippen LogP contribution in [0.1, 0.15) is 0 Å². The summed E-state index contributed by atoms with van der Waals surface area (Å²) in [7, 11) is 0. The average molecular weight is 433 g/mol. The first-order valence-electron chi connectivity index (χ1n) is 2.11. The molecule has 0 amide bonds. The van der Waals surface area contributed by atoms with Gasteiger partial charge in [-0.15, -0.1) is 51.2 Å². The van der Waals surface area contributed by atoms with Gasteiger partial charge >= 0.3 is 23.1 Å². The first-order chi connectivity index (χ1) is 3.79. The number of hydrogen-bond acceptors (Lipinski definition) is 0. The van der Waals surface area contributed by atoms with Crippen LogP contribution in [0.5, 0.6) is 0 Å². The Morgan fingerprint density at radius 1 is 1.10 bits per heavy atom. The van der Waals surface area contributed by atoms with Crippen LogP contribution in [-0.4, -0.2) is 23.1 Å². The van der Waals surface area contributed by atoms with Crippen LogP contribution in [0.4, 0.5) is 0 Å². The Morgan fingerprint density at radius 2 is 1.50 bits per heavy atom. The fourth-order valence-corrected chi connectivity index (χ4v) is 2.04. The van der Waals surface area contributed by atoms with Gasteiger partial charge in [-0.1, -0.05) is 7.14 Å². The first-order valence-corrected chi connectivity index (χ1v) is 4.27. The maximum absolute atomic E-state index is 3.01. The normalized spacial score (nSPS) is 7.40. The Labute approximate surface area is 115 Å². The Bertz CT molecular complexity index is 176. The molecule has 0 atom stereocenters. The van der Waals surface area contributed by atoms with Crippen LogP contribution in [0.2, 0.25) is 0 Å². The van der Waals surface area contributed by atoms with Crippen LogP contribution >= 0.6 is 45.2 Å². The molecule has 0 aliphatic heterocycles. The number of rotatable bonds is 0. The second kappa shape index (κ2) is 7.57. The van der Waals surface area contributed by atoms with Crippen molar-refractivity contribution in [3.63, 3.8) is 0 Å². The van der Waals surface area contributed by atoms with Crippen molar-refractivity contribution >= 4 is 68.2 Å². The Hall–Kier alpha value is 1.93. The first kappa shape index (κ1) is 14.5. The van der Waals surface area contributed by atoms with E-state index in [2.05, 4.69) is 57.3 Å².